The van der Waals surface area contributed by atoms with E-state index in [0.717, 1.165) is 48.8 Å². The van der Waals surface area contributed by atoms with Gasteiger partial charge in [-0.25, -0.2) is 13.9 Å². The van der Waals surface area contributed by atoms with Crippen LogP contribution >= 0.6 is 27.7 Å². The molecule has 1 atom stereocenters. The van der Waals surface area contributed by atoms with Crippen LogP contribution in [0.1, 0.15) is 74.2 Å². The van der Waals surface area contributed by atoms with E-state index in [4.69, 9.17) is 24.3 Å². The number of thioether (sulfide) groups is 1. The van der Waals surface area contributed by atoms with Crippen LogP contribution in [-0.2, 0) is 21.9 Å². The molecule has 1 aromatic heterocycles. The Morgan fingerprint density at radius 1 is 1.04 bits per heavy atom. The molecule has 47 heavy (non-hydrogen) atoms. The molecule has 1 fully saturated rings. The molecule has 2 aliphatic rings. The molecule has 6 rings (SSSR count). The third kappa shape index (κ3) is 7.51. The maximum Gasteiger partial charge on any atom is 0.338 e. The summed E-state index contributed by atoms with van der Waals surface area (Å²) in [5, 5.41) is 8.57. The fraction of sp³-hybridized carbons (Fsp3) is 0.361. The van der Waals surface area contributed by atoms with Crippen molar-refractivity contribution in [3.8, 4) is 11.5 Å². The number of carbonyl (C=O) groups is 1. The van der Waals surface area contributed by atoms with Crippen LogP contribution in [0.15, 0.2) is 81.6 Å². The van der Waals surface area contributed by atoms with Crippen LogP contribution in [-0.4, -0.2) is 33.4 Å². The first kappa shape index (κ1) is 33.1. The van der Waals surface area contributed by atoms with Crippen molar-refractivity contribution >= 4 is 39.6 Å². The standard InChI is InChI=1S/C36H38BrFN4O4S/c1-4-44-30-19-26(18-28(37)33(30)45-20-24-13-9-8-12-22(24)2)32-31(34(43)46-27-15-6-5-7-16-27)23(3)39-35-40-36(41-42(32)35)47-21-25-14-10-11-17-29(25)38/h8-14,17-19,27,32H,4-7,15-16,20-21H2,1-3H3,(H,39,40,41). The molecule has 0 amide bonds. The quantitative estimate of drug-likeness (QED) is 0.121. The highest BCUT2D eigenvalue weighted by molar-refractivity contribution is 9.10. The number of benzene rings is 3. The molecular weight excluding hydrogens is 683 g/mol. The van der Waals surface area contributed by atoms with Gasteiger partial charge in [0.2, 0.25) is 11.1 Å². The lowest BCUT2D eigenvalue weighted by atomic mass is 9.94. The Balaban J connectivity index is 1.37. The van der Waals surface area contributed by atoms with Gasteiger partial charge in [0, 0.05) is 11.4 Å². The summed E-state index contributed by atoms with van der Waals surface area (Å²) in [5.74, 6) is 1.28. The zero-order valence-electron chi connectivity index (χ0n) is 26.7. The normalized spacial score (nSPS) is 16.4. The number of aryl methyl sites for hydroxylation is 1. The minimum atomic E-state index is -0.668. The summed E-state index contributed by atoms with van der Waals surface area (Å²) in [5.41, 5.74) is 4.60. The molecule has 1 aliphatic heterocycles. The predicted octanol–water partition coefficient (Wildman–Crippen LogP) is 8.92. The summed E-state index contributed by atoms with van der Waals surface area (Å²) >= 11 is 5.07. The molecule has 2 heterocycles. The van der Waals surface area contributed by atoms with Gasteiger partial charge in [-0.3, -0.25) is 0 Å². The lowest BCUT2D eigenvalue weighted by Gasteiger charge is -2.30. The molecule has 0 radical (unpaired) electrons. The van der Waals surface area contributed by atoms with Gasteiger partial charge in [0.1, 0.15) is 24.6 Å². The number of rotatable bonds is 11. The molecule has 246 valence electrons. The largest absolute Gasteiger partial charge is 0.490 e. The minimum absolute atomic E-state index is 0.121. The predicted molar refractivity (Wildman–Crippen MR) is 184 cm³/mol. The molecule has 4 aromatic rings. The minimum Gasteiger partial charge on any atom is -0.490 e. The highest BCUT2D eigenvalue weighted by Crippen LogP contribution is 2.44. The number of carbonyl (C=O) groups excluding carboxylic acids is 1. The van der Waals surface area contributed by atoms with Gasteiger partial charge in [-0.2, -0.15) is 4.98 Å². The second kappa shape index (κ2) is 14.9. The molecule has 11 heteroatoms. The SMILES string of the molecule is CCOc1cc(C2C(C(=O)OC3CCCCC3)=C(C)Nc3nc(SCc4ccccc4F)nn32)cc(Br)c1OCc1ccccc1C. The lowest BCUT2D eigenvalue weighted by Crippen LogP contribution is -2.32. The van der Waals surface area contributed by atoms with E-state index in [1.54, 1.807) is 16.8 Å². The van der Waals surface area contributed by atoms with Crippen molar-refractivity contribution in [3.05, 3.63) is 104 Å². The fourth-order valence-electron chi connectivity index (χ4n) is 5.99. The summed E-state index contributed by atoms with van der Waals surface area (Å²) < 4.78 is 35.3. The van der Waals surface area contributed by atoms with Crippen LogP contribution in [0.25, 0.3) is 0 Å². The van der Waals surface area contributed by atoms with E-state index in [2.05, 4.69) is 34.2 Å². The van der Waals surface area contributed by atoms with E-state index >= 15 is 0 Å². The molecule has 1 aliphatic carbocycles. The Morgan fingerprint density at radius 2 is 1.79 bits per heavy atom. The summed E-state index contributed by atoms with van der Waals surface area (Å²) in [6, 6.07) is 17.9. The number of anilines is 1. The fourth-order valence-corrected chi connectivity index (χ4v) is 7.38. The second-order valence-corrected chi connectivity index (χ2v) is 13.5. The number of allylic oxidation sites excluding steroid dienone is 1. The molecule has 0 saturated heterocycles. The Morgan fingerprint density at radius 3 is 2.53 bits per heavy atom. The van der Waals surface area contributed by atoms with E-state index in [-0.39, 0.29) is 17.9 Å². The second-order valence-electron chi connectivity index (χ2n) is 11.8. The summed E-state index contributed by atoms with van der Waals surface area (Å²) in [7, 11) is 0. The van der Waals surface area contributed by atoms with Gasteiger partial charge in [-0.05, 0) is 103 Å². The Hall–Kier alpha value is -3.83. The van der Waals surface area contributed by atoms with Crippen LogP contribution in [0, 0.1) is 12.7 Å². The van der Waals surface area contributed by atoms with Crippen molar-refractivity contribution < 1.29 is 23.4 Å². The average molecular weight is 722 g/mol. The van der Waals surface area contributed by atoms with Gasteiger partial charge in [0.15, 0.2) is 11.5 Å². The highest BCUT2D eigenvalue weighted by Gasteiger charge is 2.37. The summed E-state index contributed by atoms with van der Waals surface area (Å²) in [4.78, 5) is 18.7. The number of aromatic nitrogens is 3. The van der Waals surface area contributed by atoms with E-state index in [1.165, 1.54) is 17.8 Å². The molecule has 8 nitrogen and oxygen atoms in total. The maximum atomic E-state index is 14.4. The third-order valence-corrected chi connectivity index (χ3v) is 9.95. The number of esters is 1. The van der Waals surface area contributed by atoms with Crippen LogP contribution in [0.2, 0.25) is 0 Å². The van der Waals surface area contributed by atoms with E-state index in [0.29, 0.717) is 62.9 Å². The molecule has 0 bridgehead atoms. The number of nitrogens with zero attached hydrogens (tertiary/aromatic N) is 3. The Bertz CT molecular complexity index is 1790. The Labute approximate surface area is 287 Å². The lowest BCUT2D eigenvalue weighted by molar-refractivity contribution is -0.146. The zero-order valence-corrected chi connectivity index (χ0v) is 29.1. The number of hydrogen-bond acceptors (Lipinski definition) is 8. The molecule has 1 N–H and O–H groups in total. The van der Waals surface area contributed by atoms with Crippen LogP contribution in [0.3, 0.4) is 0 Å². The van der Waals surface area contributed by atoms with Gasteiger partial charge in [0.05, 0.1) is 16.7 Å². The first-order chi connectivity index (χ1) is 22.8. The molecule has 3 aromatic carbocycles. The Kier molecular flexibility index (Phi) is 10.5. The topological polar surface area (TPSA) is 87.5 Å². The molecular formula is C36H38BrFN4O4S. The van der Waals surface area contributed by atoms with E-state index in [9.17, 15) is 9.18 Å². The number of nitrogens with one attached hydrogen (secondary N) is 1. The van der Waals surface area contributed by atoms with E-state index in [1.807, 2.05) is 50.2 Å². The molecule has 1 saturated carbocycles. The van der Waals surface area contributed by atoms with Crippen molar-refractivity contribution in [2.75, 3.05) is 11.9 Å². The number of ether oxygens (including phenoxy) is 3. The van der Waals surface area contributed by atoms with E-state index < -0.39 is 6.04 Å². The highest BCUT2D eigenvalue weighted by atomic mass is 79.9. The van der Waals surface area contributed by atoms with Gasteiger partial charge in [-0.1, -0.05) is 60.6 Å². The van der Waals surface area contributed by atoms with Crippen molar-refractivity contribution in [2.24, 2.45) is 0 Å². The van der Waals surface area contributed by atoms with Crippen LogP contribution < -0.4 is 14.8 Å². The van der Waals surface area contributed by atoms with Gasteiger partial charge >= 0.3 is 5.97 Å². The first-order valence-electron chi connectivity index (χ1n) is 16.0. The van der Waals surface area contributed by atoms with Gasteiger partial charge in [-0.15, -0.1) is 5.10 Å². The van der Waals surface area contributed by atoms with Crippen LogP contribution in [0.4, 0.5) is 10.3 Å². The average Bonchev–Trinajstić information content (AvgIpc) is 3.47. The van der Waals surface area contributed by atoms with Crippen molar-refractivity contribution in [2.45, 2.75) is 82.5 Å². The summed E-state index contributed by atoms with van der Waals surface area (Å²) in [6.45, 7) is 6.61. The van der Waals surface area contributed by atoms with Gasteiger partial charge < -0.3 is 19.5 Å². The smallest absolute Gasteiger partial charge is 0.338 e. The van der Waals surface area contributed by atoms with Crippen molar-refractivity contribution in [1.82, 2.24) is 14.8 Å². The molecule has 1 unspecified atom stereocenters. The number of hydrogen-bond donors (Lipinski definition) is 1. The third-order valence-electron chi connectivity index (χ3n) is 8.47. The monoisotopic (exact) mass is 720 g/mol. The molecule has 0 spiro atoms. The number of fused-ring (bicyclic) bond motifs is 1. The first-order valence-corrected chi connectivity index (χ1v) is 17.7. The van der Waals surface area contributed by atoms with Crippen LogP contribution in [0.5, 0.6) is 11.5 Å². The van der Waals surface area contributed by atoms with Crippen molar-refractivity contribution in [3.63, 3.8) is 0 Å². The number of halogens is 2. The summed E-state index contributed by atoms with van der Waals surface area (Å²) in [6.07, 6.45) is 4.83. The van der Waals surface area contributed by atoms with Gasteiger partial charge in [0.25, 0.3) is 0 Å². The van der Waals surface area contributed by atoms with Crippen molar-refractivity contribution in [1.29, 1.82) is 0 Å². The maximum absolute atomic E-state index is 14.4. The zero-order chi connectivity index (χ0) is 32.9.